The summed E-state index contributed by atoms with van der Waals surface area (Å²) >= 11 is 0. The number of carbonyl (C=O) groups is 1. The van der Waals surface area contributed by atoms with Gasteiger partial charge in [0.1, 0.15) is 5.75 Å². The summed E-state index contributed by atoms with van der Waals surface area (Å²) in [5.74, 6) is 1.58. The molecule has 0 radical (unpaired) electrons. The molecular formula is C21H27ClN2O2. The van der Waals surface area contributed by atoms with Gasteiger partial charge in [0.05, 0.1) is 6.61 Å². The van der Waals surface area contributed by atoms with Crippen molar-refractivity contribution in [3.8, 4) is 5.75 Å². The number of amides is 1. The summed E-state index contributed by atoms with van der Waals surface area (Å²) in [5, 5.41) is 0. The molecule has 1 aliphatic rings. The van der Waals surface area contributed by atoms with Gasteiger partial charge in [-0.25, -0.2) is 0 Å². The van der Waals surface area contributed by atoms with Crippen molar-refractivity contribution >= 4 is 18.3 Å². The van der Waals surface area contributed by atoms with E-state index in [-0.39, 0.29) is 18.3 Å². The van der Waals surface area contributed by atoms with E-state index in [1.165, 1.54) is 18.4 Å². The molecule has 0 saturated heterocycles. The lowest BCUT2D eigenvalue weighted by atomic mass is 10.1. The molecule has 2 aromatic rings. The molecule has 0 bridgehead atoms. The van der Waals surface area contributed by atoms with Crippen LogP contribution in [-0.4, -0.2) is 37.0 Å². The van der Waals surface area contributed by atoms with Gasteiger partial charge in [-0.2, -0.15) is 0 Å². The first-order valence-corrected chi connectivity index (χ1v) is 9.02. The molecule has 0 unspecified atom stereocenters. The normalized spacial score (nSPS) is 13.0. The second-order valence-corrected chi connectivity index (χ2v) is 6.60. The minimum atomic E-state index is 0. The van der Waals surface area contributed by atoms with Crippen LogP contribution in [-0.2, 0) is 6.42 Å². The van der Waals surface area contributed by atoms with Crippen LogP contribution < -0.4 is 10.5 Å². The molecule has 0 atom stereocenters. The molecule has 140 valence electrons. The number of nitrogens with two attached hydrogens (primary N) is 1. The molecule has 26 heavy (non-hydrogen) atoms. The van der Waals surface area contributed by atoms with Crippen LogP contribution in [0.1, 0.15) is 28.8 Å². The molecule has 2 N–H and O–H groups in total. The van der Waals surface area contributed by atoms with Crippen molar-refractivity contribution in [1.82, 2.24) is 4.90 Å². The molecule has 1 aliphatic carbocycles. The van der Waals surface area contributed by atoms with Crippen LogP contribution in [0.25, 0.3) is 0 Å². The number of hydrogen-bond donors (Lipinski definition) is 1. The average Bonchev–Trinajstić information content (AvgIpc) is 3.49. The van der Waals surface area contributed by atoms with Gasteiger partial charge in [0, 0.05) is 25.2 Å². The van der Waals surface area contributed by atoms with Crippen molar-refractivity contribution in [3.63, 3.8) is 0 Å². The van der Waals surface area contributed by atoms with Gasteiger partial charge in [0.15, 0.2) is 0 Å². The van der Waals surface area contributed by atoms with E-state index in [4.69, 9.17) is 10.5 Å². The van der Waals surface area contributed by atoms with Crippen LogP contribution in [0.4, 0.5) is 0 Å². The van der Waals surface area contributed by atoms with E-state index in [0.717, 1.165) is 24.7 Å². The van der Waals surface area contributed by atoms with Crippen molar-refractivity contribution < 1.29 is 9.53 Å². The zero-order valence-electron chi connectivity index (χ0n) is 15.0. The minimum absolute atomic E-state index is 0. The van der Waals surface area contributed by atoms with Crippen molar-refractivity contribution in [2.75, 3.05) is 26.2 Å². The van der Waals surface area contributed by atoms with Crippen LogP contribution in [0.15, 0.2) is 54.6 Å². The molecule has 0 heterocycles. The maximum Gasteiger partial charge on any atom is 0.253 e. The Morgan fingerprint density at radius 1 is 1.04 bits per heavy atom. The van der Waals surface area contributed by atoms with E-state index < -0.39 is 0 Å². The van der Waals surface area contributed by atoms with Gasteiger partial charge in [0.25, 0.3) is 5.91 Å². The highest BCUT2D eigenvalue weighted by atomic mass is 35.5. The number of rotatable bonds is 9. The van der Waals surface area contributed by atoms with E-state index >= 15 is 0 Å². The molecule has 0 spiro atoms. The van der Waals surface area contributed by atoms with Gasteiger partial charge in [-0.3, -0.25) is 4.79 Å². The molecule has 3 rings (SSSR count). The summed E-state index contributed by atoms with van der Waals surface area (Å²) in [6.45, 7) is 2.47. The number of hydrogen-bond acceptors (Lipinski definition) is 3. The second kappa shape index (κ2) is 10.2. The molecule has 1 fully saturated rings. The van der Waals surface area contributed by atoms with Crippen LogP contribution >= 0.6 is 12.4 Å². The van der Waals surface area contributed by atoms with Gasteiger partial charge in [-0.05, 0) is 55.0 Å². The summed E-state index contributed by atoms with van der Waals surface area (Å²) in [6, 6.07) is 17.6. The third-order valence-corrected chi connectivity index (χ3v) is 4.48. The Labute approximate surface area is 161 Å². The molecule has 1 amide bonds. The molecule has 5 heteroatoms. The highest BCUT2D eigenvalue weighted by Gasteiger charge is 2.22. The lowest BCUT2D eigenvalue weighted by Crippen LogP contribution is -2.36. The number of nitrogens with zero attached hydrogens (tertiary/aromatic N) is 1. The van der Waals surface area contributed by atoms with Crippen molar-refractivity contribution in [1.29, 1.82) is 0 Å². The minimum Gasteiger partial charge on any atom is -0.493 e. The predicted octanol–water partition coefficient (Wildman–Crippen LogP) is 3.54. The third kappa shape index (κ3) is 6.04. The summed E-state index contributed by atoms with van der Waals surface area (Å²) in [5.41, 5.74) is 7.60. The fourth-order valence-electron chi connectivity index (χ4n) is 2.75. The van der Waals surface area contributed by atoms with Gasteiger partial charge in [-0.1, -0.05) is 30.3 Å². The maximum atomic E-state index is 12.8. The Kier molecular flexibility index (Phi) is 7.95. The number of benzene rings is 2. The lowest BCUT2D eigenvalue weighted by Gasteiger charge is -2.22. The molecule has 0 aliphatic heterocycles. The number of ether oxygens (including phenoxy) is 1. The zero-order valence-corrected chi connectivity index (χ0v) is 15.8. The van der Waals surface area contributed by atoms with Crippen molar-refractivity contribution in [3.05, 3.63) is 65.7 Å². The van der Waals surface area contributed by atoms with Crippen molar-refractivity contribution in [2.24, 2.45) is 11.7 Å². The Balaban J connectivity index is 0.00000243. The van der Waals surface area contributed by atoms with Crippen LogP contribution in [0.5, 0.6) is 5.75 Å². The largest absolute Gasteiger partial charge is 0.493 e. The SMILES string of the molecule is Cl.NCCN(CCc1ccccc1)C(=O)c1ccc(OCC2CC2)cc1. The van der Waals surface area contributed by atoms with E-state index in [2.05, 4.69) is 12.1 Å². The fraction of sp³-hybridized carbons (Fsp3) is 0.381. The number of halogens is 1. The van der Waals surface area contributed by atoms with E-state index in [1.807, 2.05) is 47.4 Å². The highest BCUT2D eigenvalue weighted by molar-refractivity contribution is 5.94. The van der Waals surface area contributed by atoms with Crippen LogP contribution in [0, 0.1) is 5.92 Å². The van der Waals surface area contributed by atoms with E-state index in [9.17, 15) is 4.79 Å². The first kappa shape index (κ1) is 20.3. The van der Waals surface area contributed by atoms with Crippen LogP contribution in [0.2, 0.25) is 0 Å². The topological polar surface area (TPSA) is 55.6 Å². The first-order chi connectivity index (χ1) is 12.3. The summed E-state index contributed by atoms with van der Waals surface area (Å²) in [4.78, 5) is 14.6. The quantitative estimate of drug-likeness (QED) is 0.730. The average molecular weight is 375 g/mol. The zero-order chi connectivity index (χ0) is 17.5. The fourth-order valence-corrected chi connectivity index (χ4v) is 2.75. The molecule has 1 saturated carbocycles. The standard InChI is InChI=1S/C21H26N2O2.ClH/c22-13-15-23(14-12-17-4-2-1-3-5-17)21(24)19-8-10-20(11-9-19)25-16-18-6-7-18;/h1-5,8-11,18H,6-7,12-16,22H2;1H. The Bertz CT molecular complexity index is 672. The summed E-state index contributed by atoms with van der Waals surface area (Å²) in [6.07, 6.45) is 3.37. The first-order valence-electron chi connectivity index (χ1n) is 9.02. The molecular weight excluding hydrogens is 348 g/mol. The van der Waals surface area contributed by atoms with E-state index in [0.29, 0.717) is 25.2 Å². The second-order valence-electron chi connectivity index (χ2n) is 6.60. The molecule has 4 nitrogen and oxygen atoms in total. The molecule has 2 aromatic carbocycles. The monoisotopic (exact) mass is 374 g/mol. The summed E-state index contributed by atoms with van der Waals surface area (Å²) in [7, 11) is 0. The Morgan fingerprint density at radius 3 is 2.35 bits per heavy atom. The Morgan fingerprint density at radius 2 is 1.73 bits per heavy atom. The van der Waals surface area contributed by atoms with E-state index in [1.54, 1.807) is 0 Å². The van der Waals surface area contributed by atoms with Gasteiger partial charge < -0.3 is 15.4 Å². The Hall–Kier alpha value is -2.04. The van der Waals surface area contributed by atoms with Gasteiger partial charge in [0.2, 0.25) is 0 Å². The third-order valence-electron chi connectivity index (χ3n) is 4.48. The smallest absolute Gasteiger partial charge is 0.253 e. The highest BCUT2D eigenvalue weighted by Crippen LogP contribution is 2.29. The maximum absolute atomic E-state index is 12.8. The number of carbonyl (C=O) groups excluding carboxylic acids is 1. The lowest BCUT2D eigenvalue weighted by molar-refractivity contribution is 0.0762. The van der Waals surface area contributed by atoms with Gasteiger partial charge in [-0.15, -0.1) is 12.4 Å². The molecule has 0 aromatic heterocycles. The van der Waals surface area contributed by atoms with Gasteiger partial charge >= 0.3 is 0 Å². The van der Waals surface area contributed by atoms with Crippen LogP contribution in [0.3, 0.4) is 0 Å². The predicted molar refractivity (Wildman–Crippen MR) is 107 cm³/mol. The summed E-state index contributed by atoms with van der Waals surface area (Å²) < 4.78 is 5.73. The van der Waals surface area contributed by atoms with Crippen molar-refractivity contribution in [2.45, 2.75) is 19.3 Å².